The van der Waals surface area contributed by atoms with Gasteiger partial charge in [-0.1, -0.05) is 12.1 Å². The SMILES string of the molecule is Cc1nc(C)nc(-c2ccc(C(F)(F)F)cc2)n1. The molecule has 0 amide bonds. The van der Waals surface area contributed by atoms with Gasteiger partial charge in [-0.3, -0.25) is 0 Å². The molecule has 3 nitrogen and oxygen atoms in total. The van der Waals surface area contributed by atoms with E-state index in [1.54, 1.807) is 13.8 Å². The smallest absolute Gasteiger partial charge is 0.219 e. The van der Waals surface area contributed by atoms with Crippen LogP contribution in [0.15, 0.2) is 24.3 Å². The summed E-state index contributed by atoms with van der Waals surface area (Å²) in [6, 6.07) is 4.75. The van der Waals surface area contributed by atoms with Crippen LogP contribution in [-0.2, 0) is 6.18 Å². The van der Waals surface area contributed by atoms with E-state index in [4.69, 9.17) is 0 Å². The lowest BCUT2D eigenvalue weighted by Gasteiger charge is -2.07. The lowest BCUT2D eigenvalue weighted by Crippen LogP contribution is -2.04. The zero-order valence-corrected chi connectivity index (χ0v) is 9.78. The maximum atomic E-state index is 12.4. The zero-order valence-electron chi connectivity index (χ0n) is 9.78. The van der Waals surface area contributed by atoms with Gasteiger partial charge in [0.1, 0.15) is 11.6 Å². The minimum atomic E-state index is -4.33. The molecule has 18 heavy (non-hydrogen) atoms. The monoisotopic (exact) mass is 253 g/mol. The largest absolute Gasteiger partial charge is 0.416 e. The van der Waals surface area contributed by atoms with Gasteiger partial charge in [0.15, 0.2) is 5.82 Å². The lowest BCUT2D eigenvalue weighted by molar-refractivity contribution is -0.137. The first-order valence-electron chi connectivity index (χ1n) is 5.23. The summed E-state index contributed by atoms with van der Waals surface area (Å²) >= 11 is 0. The number of rotatable bonds is 1. The summed E-state index contributed by atoms with van der Waals surface area (Å²) in [6.45, 7) is 3.42. The summed E-state index contributed by atoms with van der Waals surface area (Å²) in [6.07, 6.45) is -4.33. The van der Waals surface area contributed by atoms with Gasteiger partial charge in [0.2, 0.25) is 0 Å². The van der Waals surface area contributed by atoms with Crippen LogP contribution in [0.5, 0.6) is 0 Å². The number of benzene rings is 1. The van der Waals surface area contributed by atoms with E-state index >= 15 is 0 Å². The van der Waals surface area contributed by atoms with Crippen LogP contribution in [0, 0.1) is 13.8 Å². The molecule has 1 aromatic heterocycles. The molecule has 2 aromatic rings. The van der Waals surface area contributed by atoms with Gasteiger partial charge in [-0.25, -0.2) is 15.0 Å². The van der Waals surface area contributed by atoms with Crippen LogP contribution in [0.25, 0.3) is 11.4 Å². The lowest BCUT2D eigenvalue weighted by atomic mass is 10.1. The molecule has 0 saturated carbocycles. The van der Waals surface area contributed by atoms with Crippen molar-refractivity contribution in [2.24, 2.45) is 0 Å². The molecule has 0 radical (unpaired) electrons. The molecule has 0 aliphatic carbocycles. The summed E-state index contributed by atoms with van der Waals surface area (Å²) < 4.78 is 37.2. The number of alkyl halides is 3. The average Bonchev–Trinajstić information content (AvgIpc) is 2.27. The minimum Gasteiger partial charge on any atom is -0.219 e. The predicted octanol–water partition coefficient (Wildman–Crippen LogP) is 3.17. The number of halogens is 3. The fourth-order valence-electron chi connectivity index (χ4n) is 1.55. The molecule has 6 heteroatoms. The first-order chi connectivity index (χ1) is 8.36. The van der Waals surface area contributed by atoms with Crippen LogP contribution in [0.1, 0.15) is 17.2 Å². The second-order valence-electron chi connectivity index (χ2n) is 3.83. The molecule has 1 aromatic carbocycles. The molecular formula is C12H10F3N3. The van der Waals surface area contributed by atoms with Crippen molar-refractivity contribution in [1.82, 2.24) is 15.0 Å². The Morgan fingerprint density at radius 1 is 0.833 bits per heavy atom. The second kappa shape index (κ2) is 4.36. The Labute approximate surface area is 102 Å². The molecule has 0 spiro atoms. The summed E-state index contributed by atoms with van der Waals surface area (Å²) in [7, 11) is 0. The fourth-order valence-corrected chi connectivity index (χ4v) is 1.55. The number of aryl methyl sites for hydroxylation is 2. The highest BCUT2D eigenvalue weighted by atomic mass is 19.4. The Balaban J connectivity index is 2.40. The number of hydrogen-bond donors (Lipinski definition) is 0. The van der Waals surface area contributed by atoms with Crippen LogP contribution in [0.4, 0.5) is 13.2 Å². The Morgan fingerprint density at radius 3 is 1.78 bits per heavy atom. The standard InChI is InChI=1S/C12H10F3N3/c1-7-16-8(2)18-11(17-7)9-3-5-10(6-4-9)12(13,14)15/h3-6H,1-2H3. The van der Waals surface area contributed by atoms with Gasteiger partial charge in [-0.2, -0.15) is 13.2 Å². The summed E-state index contributed by atoms with van der Waals surface area (Å²) in [5, 5.41) is 0. The molecule has 1 heterocycles. The van der Waals surface area contributed by atoms with Gasteiger partial charge in [0.05, 0.1) is 5.56 Å². The van der Waals surface area contributed by atoms with E-state index in [1.807, 2.05) is 0 Å². The Bertz CT molecular complexity index is 542. The first-order valence-corrected chi connectivity index (χ1v) is 5.23. The van der Waals surface area contributed by atoms with E-state index in [0.29, 0.717) is 23.0 Å². The molecular weight excluding hydrogens is 243 g/mol. The van der Waals surface area contributed by atoms with Crippen LogP contribution in [0.2, 0.25) is 0 Å². The van der Waals surface area contributed by atoms with Gasteiger partial charge < -0.3 is 0 Å². The van der Waals surface area contributed by atoms with E-state index in [2.05, 4.69) is 15.0 Å². The predicted molar refractivity (Wildman–Crippen MR) is 59.7 cm³/mol. The van der Waals surface area contributed by atoms with Crippen molar-refractivity contribution in [1.29, 1.82) is 0 Å². The normalized spacial score (nSPS) is 11.6. The fraction of sp³-hybridized carbons (Fsp3) is 0.250. The highest BCUT2D eigenvalue weighted by Crippen LogP contribution is 2.30. The summed E-state index contributed by atoms with van der Waals surface area (Å²) in [5.41, 5.74) is -0.148. The topological polar surface area (TPSA) is 38.7 Å². The van der Waals surface area contributed by atoms with E-state index in [9.17, 15) is 13.2 Å². The third-order valence-corrected chi connectivity index (χ3v) is 2.33. The van der Waals surface area contributed by atoms with Gasteiger partial charge in [-0.15, -0.1) is 0 Å². The van der Waals surface area contributed by atoms with Gasteiger partial charge in [-0.05, 0) is 26.0 Å². The van der Waals surface area contributed by atoms with Crippen LogP contribution >= 0.6 is 0 Å². The van der Waals surface area contributed by atoms with Crippen molar-refractivity contribution in [3.63, 3.8) is 0 Å². The number of aromatic nitrogens is 3. The Kier molecular flexibility index (Phi) is 3.02. The van der Waals surface area contributed by atoms with Crippen molar-refractivity contribution < 1.29 is 13.2 Å². The van der Waals surface area contributed by atoms with Crippen LogP contribution in [0.3, 0.4) is 0 Å². The number of hydrogen-bond acceptors (Lipinski definition) is 3. The van der Waals surface area contributed by atoms with Crippen molar-refractivity contribution in [3.8, 4) is 11.4 Å². The van der Waals surface area contributed by atoms with Crippen molar-refractivity contribution in [2.45, 2.75) is 20.0 Å². The summed E-state index contributed by atoms with van der Waals surface area (Å²) in [4.78, 5) is 12.2. The molecule has 0 bridgehead atoms. The highest BCUT2D eigenvalue weighted by molar-refractivity contribution is 5.55. The third-order valence-electron chi connectivity index (χ3n) is 2.33. The van der Waals surface area contributed by atoms with E-state index < -0.39 is 11.7 Å². The zero-order chi connectivity index (χ0) is 13.3. The molecule has 2 rings (SSSR count). The number of nitrogens with zero attached hydrogens (tertiary/aromatic N) is 3. The molecule has 0 saturated heterocycles. The van der Waals surface area contributed by atoms with E-state index in [0.717, 1.165) is 12.1 Å². The van der Waals surface area contributed by atoms with Crippen molar-refractivity contribution in [3.05, 3.63) is 41.5 Å². The highest BCUT2D eigenvalue weighted by Gasteiger charge is 2.30. The van der Waals surface area contributed by atoms with Gasteiger partial charge in [0, 0.05) is 5.56 Å². The molecule has 0 fully saturated rings. The van der Waals surface area contributed by atoms with E-state index in [-0.39, 0.29) is 0 Å². The van der Waals surface area contributed by atoms with Crippen molar-refractivity contribution in [2.75, 3.05) is 0 Å². The van der Waals surface area contributed by atoms with E-state index in [1.165, 1.54) is 12.1 Å². The molecule has 0 aliphatic rings. The Morgan fingerprint density at radius 2 is 1.33 bits per heavy atom. The van der Waals surface area contributed by atoms with Crippen LogP contribution in [-0.4, -0.2) is 15.0 Å². The molecule has 0 atom stereocenters. The maximum absolute atomic E-state index is 12.4. The van der Waals surface area contributed by atoms with Gasteiger partial charge in [0.25, 0.3) is 0 Å². The van der Waals surface area contributed by atoms with Crippen molar-refractivity contribution >= 4 is 0 Å². The first kappa shape index (κ1) is 12.5. The van der Waals surface area contributed by atoms with Crippen LogP contribution < -0.4 is 0 Å². The molecule has 0 N–H and O–H groups in total. The second-order valence-corrected chi connectivity index (χ2v) is 3.83. The van der Waals surface area contributed by atoms with Gasteiger partial charge >= 0.3 is 6.18 Å². The third kappa shape index (κ3) is 2.64. The molecule has 0 aliphatic heterocycles. The minimum absolute atomic E-state index is 0.383. The summed E-state index contributed by atoms with van der Waals surface area (Å²) in [5.74, 6) is 1.46. The molecule has 0 unspecified atom stereocenters. The Hall–Kier alpha value is -1.98. The maximum Gasteiger partial charge on any atom is 0.416 e. The average molecular weight is 253 g/mol. The quantitative estimate of drug-likeness (QED) is 0.783. The molecule has 94 valence electrons.